The molecule has 0 heterocycles. The van der Waals surface area contributed by atoms with Crippen LogP contribution in [-0.2, 0) is 0 Å². The van der Waals surface area contributed by atoms with Crippen LogP contribution in [0.3, 0.4) is 0 Å². The first kappa shape index (κ1) is 28.2. The number of hydrogen-bond donors (Lipinski definition) is 0. The Morgan fingerprint density at radius 1 is 0.938 bits per heavy atom. The zero-order chi connectivity index (χ0) is 24.5. The summed E-state index contributed by atoms with van der Waals surface area (Å²) in [6.45, 7) is 30.5. The predicted octanol–water partition coefficient (Wildman–Crippen LogP) is 10.7. The van der Waals surface area contributed by atoms with Crippen LogP contribution in [0.2, 0.25) is 0 Å². The second-order valence-electron chi connectivity index (χ2n) is 14.6. The molecule has 2 saturated carbocycles. The first-order valence-electron chi connectivity index (χ1n) is 14.7. The van der Waals surface area contributed by atoms with E-state index < -0.39 is 0 Å². The highest BCUT2D eigenvalue weighted by atomic mass is 14.5. The van der Waals surface area contributed by atoms with Gasteiger partial charge in [0.05, 0.1) is 0 Å². The highest BCUT2D eigenvalue weighted by Gasteiger charge is 2.49. The van der Waals surface area contributed by atoms with E-state index in [4.69, 9.17) is 0 Å². The lowest BCUT2D eigenvalue weighted by molar-refractivity contribution is -0.0561. The van der Waals surface area contributed by atoms with Crippen LogP contribution in [0.15, 0.2) is 0 Å². The second-order valence-corrected chi connectivity index (χ2v) is 14.6. The fraction of sp³-hybridized carbons (Fsp3) is 1.00. The van der Waals surface area contributed by atoms with Crippen molar-refractivity contribution >= 4 is 0 Å². The zero-order valence-corrected chi connectivity index (χ0v) is 24.5. The first-order chi connectivity index (χ1) is 14.7. The summed E-state index contributed by atoms with van der Waals surface area (Å²) >= 11 is 0. The molecule has 8 unspecified atom stereocenters. The second kappa shape index (κ2) is 10.7. The molecular weight excluding hydrogens is 384 g/mol. The summed E-state index contributed by atoms with van der Waals surface area (Å²) < 4.78 is 0. The van der Waals surface area contributed by atoms with Gasteiger partial charge in [-0.3, -0.25) is 0 Å². The Bertz CT molecular complexity index is 569. The molecule has 2 aliphatic carbocycles. The summed E-state index contributed by atoms with van der Waals surface area (Å²) in [4.78, 5) is 0. The van der Waals surface area contributed by atoms with E-state index in [1.807, 2.05) is 0 Å². The summed E-state index contributed by atoms with van der Waals surface area (Å²) in [7, 11) is 0. The van der Waals surface area contributed by atoms with E-state index >= 15 is 0 Å². The van der Waals surface area contributed by atoms with E-state index in [1.165, 1.54) is 57.8 Å². The quantitative estimate of drug-likeness (QED) is 0.249. The smallest absolute Gasteiger partial charge is 0.0269 e. The van der Waals surface area contributed by atoms with Gasteiger partial charge in [0, 0.05) is 0 Å². The minimum atomic E-state index is 0.469. The summed E-state index contributed by atoms with van der Waals surface area (Å²) in [5, 5.41) is 0. The van der Waals surface area contributed by atoms with Gasteiger partial charge in [-0.1, -0.05) is 102 Å². The normalized spacial score (nSPS) is 32.2. The SMILES string of the molecule is CCC(C)CC(CC(C)C(C)(C)C1CC1)C(C)(CCCC(C)C1(C)CC(C)C1C)C(C)C. The molecule has 0 saturated heterocycles. The lowest BCUT2D eigenvalue weighted by Gasteiger charge is -2.55. The molecule has 0 heteroatoms. The third kappa shape index (κ3) is 5.97. The standard InChI is InChI=1S/C32H62/c1-13-23(4)19-29(20-26(7)30(9,10)28-16-17-28)31(11,22(2)3)18-14-15-25(6)32(12)21-24(5)27(32)8/h22-29H,13-21H2,1-12H3. The van der Waals surface area contributed by atoms with Crippen LogP contribution in [0.1, 0.15) is 141 Å². The maximum atomic E-state index is 2.68. The summed E-state index contributed by atoms with van der Waals surface area (Å²) in [5.41, 5.74) is 1.58. The van der Waals surface area contributed by atoms with Gasteiger partial charge in [0.2, 0.25) is 0 Å². The molecule has 0 aromatic heterocycles. The van der Waals surface area contributed by atoms with E-state index in [0.717, 1.165) is 47.3 Å². The van der Waals surface area contributed by atoms with Crippen molar-refractivity contribution in [2.45, 2.75) is 141 Å². The molecule has 8 atom stereocenters. The molecule has 0 N–H and O–H groups in total. The molecule has 0 radical (unpaired) electrons. The largest absolute Gasteiger partial charge is 0.0651 e. The molecule has 0 amide bonds. The first-order valence-corrected chi connectivity index (χ1v) is 14.7. The van der Waals surface area contributed by atoms with Crippen molar-refractivity contribution in [1.29, 1.82) is 0 Å². The van der Waals surface area contributed by atoms with Crippen molar-refractivity contribution in [3.8, 4) is 0 Å². The fourth-order valence-corrected chi connectivity index (χ4v) is 7.53. The van der Waals surface area contributed by atoms with Gasteiger partial charge in [-0.25, -0.2) is 0 Å². The Balaban J connectivity index is 2.09. The molecular formula is C32H62. The zero-order valence-electron chi connectivity index (χ0n) is 24.5. The molecule has 2 aliphatic rings. The van der Waals surface area contributed by atoms with Crippen molar-refractivity contribution in [3.63, 3.8) is 0 Å². The Hall–Kier alpha value is 0. The van der Waals surface area contributed by atoms with Crippen LogP contribution in [0.25, 0.3) is 0 Å². The van der Waals surface area contributed by atoms with Crippen molar-refractivity contribution < 1.29 is 0 Å². The Labute approximate surface area is 204 Å². The number of rotatable bonds is 14. The molecule has 2 rings (SSSR count). The molecule has 0 aromatic carbocycles. The molecule has 0 bridgehead atoms. The van der Waals surface area contributed by atoms with E-state index in [2.05, 4.69) is 83.1 Å². The van der Waals surface area contributed by atoms with Crippen molar-refractivity contribution in [2.24, 2.45) is 63.6 Å². The minimum Gasteiger partial charge on any atom is -0.0651 e. The Morgan fingerprint density at radius 3 is 1.97 bits per heavy atom. The van der Waals surface area contributed by atoms with Crippen LogP contribution in [-0.4, -0.2) is 0 Å². The van der Waals surface area contributed by atoms with Crippen LogP contribution in [0, 0.1) is 63.6 Å². The monoisotopic (exact) mass is 446 g/mol. The summed E-state index contributed by atoms with van der Waals surface area (Å²) in [6, 6.07) is 0. The maximum Gasteiger partial charge on any atom is -0.0269 e. The third-order valence-corrected chi connectivity index (χ3v) is 12.3. The van der Waals surface area contributed by atoms with Crippen molar-refractivity contribution in [1.82, 2.24) is 0 Å². The van der Waals surface area contributed by atoms with E-state index in [0.29, 0.717) is 16.2 Å². The van der Waals surface area contributed by atoms with Crippen molar-refractivity contribution in [2.75, 3.05) is 0 Å². The molecule has 0 aliphatic heterocycles. The van der Waals surface area contributed by atoms with Crippen molar-refractivity contribution in [3.05, 3.63) is 0 Å². The Kier molecular flexibility index (Phi) is 9.47. The van der Waals surface area contributed by atoms with Gasteiger partial charge >= 0.3 is 0 Å². The third-order valence-electron chi connectivity index (χ3n) is 12.3. The molecule has 0 spiro atoms. The van der Waals surface area contributed by atoms with Crippen LogP contribution >= 0.6 is 0 Å². The van der Waals surface area contributed by atoms with E-state index in [9.17, 15) is 0 Å². The predicted molar refractivity (Wildman–Crippen MR) is 145 cm³/mol. The maximum absolute atomic E-state index is 2.68. The topological polar surface area (TPSA) is 0 Å². The van der Waals surface area contributed by atoms with Gasteiger partial charge in [0.15, 0.2) is 0 Å². The van der Waals surface area contributed by atoms with E-state index in [-0.39, 0.29) is 0 Å². The van der Waals surface area contributed by atoms with Crippen LogP contribution in [0.4, 0.5) is 0 Å². The van der Waals surface area contributed by atoms with Gasteiger partial charge in [0.1, 0.15) is 0 Å². The fourth-order valence-electron chi connectivity index (χ4n) is 7.53. The van der Waals surface area contributed by atoms with Gasteiger partial charge in [-0.15, -0.1) is 0 Å². The van der Waals surface area contributed by atoms with Crippen LogP contribution < -0.4 is 0 Å². The average molecular weight is 447 g/mol. The lowest BCUT2D eigenvalue weighted by Crippen LogP contribution is -2.47. The highest BCUT2D eigenvalue weighted by molar-refractivity contribution is 4.98. The van der Waals surface area contributed by atoms with Gasteiger partial charge in [-0.2, -0.15) is 0 Å². The highest BCUT2D eigenvalue weighted by Crippen LogP contribution is 2.57. The summed E-state index contributed by atoms with van der Waals surface area (Å²) in [6.07, 6.45) is 12.9. The molecule has 32 heavy (non-hydrogen) atoms. The molecule has 190 valence electrons. The molecule has 0 aromatic rings. The van der Waals surface area contributed by atoms with Gasteiger partial charge in [-0.05, 0) is 102 Å². The minimum absolute atomic E-state index is 0.469. The van der Waals surface area contributed by atoms with Gasteiger partial charge in [0.25, 0.3) is 0 Å². The Morgan fingerprint density at radius 2 is 1.53 bits per heavy atom. The van der Waals surface area contributed by atoms with E-state index in [1.54, 1.807) is 0 Å². The average Bonchev–Trinajstić information content (AvgIpc) is 3.58. The summed E-state index contributed by atoms with van der Waals surface area (Å²) in [5.74, 6) is 6.99. The molecule has 2 fully saturated rings. The molecule has 0 nitrogen and oxygen atoms in total. The van der Waals surface area contributed by atoms with Gasteiger partial charge < -0.3 is 0 Å². The lowest BCUT2D eigenvalue weighted by atomic mass is 9.50. The number of hydrogen-bond acceptors (Lipinski definition) is 0. The van der Waals surface area contributed by atoms with Crippen LogP contribution in [0.5, 0.6) is 0 Å².